The fourth-order valence-corrected chi connectivity index (χ4v) is 1.53. The molecule has 0 heterocycles. The molecule has 0 bridgehead atoms. The number of nitrogens with one attached hydrogen (secondary N) is 1. The highest BCUT2D eigenvalue weighted by molar-refractivity contribution is 9.10. The van der Waals surface area contributed by atoms with E-state index in [2.05, 4.69) is 46.4 Å². The zero-order valence-corrected chi connectivity index (χ0v) is 9.52. The summed E-state index contributed by atoms with van der Waals surface area (Å²) in [5, 5.41) is 3.18. The van der Waals surface area contributed by atoms with E-state index in [0.717, 1.165) is 11.0 Å². The van der Waals surface area contributed by atoms with Crippen molar-refractivity contribution in [3.8, 4) is 0 Å². The van der Waals surface area contributed by atoms with Gasteiger partial charge in [0.15, 0.2) is 0 Å². The molecule has 0 atom stereocenters. The van der Waals surface area contributed by atoms with E-state index in [1.165, 1.54) is 11.1 Å². The van der Waals surface area contributed by atoms with Crippen LogP contribution in [0.2, 0.25) is 0 Å². The third-order valence-electron chi connectivity index (χ3n) is 1.87. The van der Waals surface area contributed by atoms with Crippen molar-refractivity contribution in [3.05, 3.63) is 33.8 Å². The molecule has 0 spiro atoms. The molecule has 2 nitrogen and oxygen atoms in total. The van der Waals surface area contributed by atoms with Gasteiger partial charge in [0, 0.05) is 18.1 Å². The minimum Gasteiger partial charge on any atom is -0.370 e. The maximum absolute atomic E-state index is 4.91. The van der Waals surface area contributed by atoms with Gasteiger partial charge < -0.3 is 4.74 Å². The Kier molecular flexibility index (Phi) is 4.42. The maximum Gasteiger partial charge on any atom is 0.0964 e. The lowest BCUT2D eigenvalue weighted by atomic mass is 10.1. The van der Waals surface area contributed by atoms with Crippen molar-refractivity contribution in [2.24, 2.45) is 0 Å². The zero-order valence-electron chi connectivity index (χ0n) is 7.93. The smallest absolute Gasteiger partial charge is 0.0964 e. The normalized spacial score (nSPS) is 10.4. The average molecular weight is 244 g/mol. The Balaban J connectivity index is 2.59. The number of aryl methyl sites for hydroxylation is 1. The van der Waals surface area contributed by atoms with Crippen LogP contribution in [0.5, 0.6) is 0 Å². The molecule has 1 aromatic rings. The molecule has 0 aromatic heterocycles. The number of hydrogen-bond donors (Lipinski definition) is 1. The summed E-state index contributed by atoms with van der Waals surface area (Å²) in [7, 11) is 1.68. The molecule has 72 valence electrons. The fraction of sp³-hybridized carbons (Fsp3) is 0.400. The molecule has 1 rings (SSSR count). The fourth-order valence-electron chi connectivity index (χ4n) is 1.12. The second-order valence-corrected chi connectivity index (χ2v) is 3.85. The van der Waals surface area contributed by atoms with Gasteiger partial charge in [-0.2, -0.15) is 0 Å². The van der Waals surface area contributed by atoms with Crippen LogP contribution in [0.15, 0.2) is 22.7 Å². The summed E-state index contributed by atoms with van der Waals surface area (Å²) in [5.74, 6) is 0. The Morgan fingerprint density at radius 1 is 1.46 bits per heavy atom. The van der Waals surface area contributed by atoms with Crippen molar-refractivity contribution in [3.63, 3.8) is 0 Å². The van der Waals surface area contributed by atoms with E-state index in [4.69, 9.17) is 4.74 Å². The van der Waals surface area contributed by atoms with E-state index >= 15 is 0 Å². The molecule has 0 aliphatic rings. The topological polar surface area (TPSA) is 21.3 Å². The molecule has 3 heteroatoms. The van der Waals surface area contributed by atoms with Crippen LogP contribution < -0.4 is 5.32 Å². The van der Waals surface area contributed by atoms with E-state index in [1.54, 1.807) is 7.11 Å². The second kappa shape index (κ2) is 5.37. The van der Waals surface area contributed by atoms with Crippen LogP contribution in [0.1, 0.15) is 11.1 Å². The highest BCUT2D eigenvalue weighted by atomic mass is 79.9. The largest absolute Gasteiger partial charge is 0.370 e. The van der Waals surface area contributed by atoms with Gasteiger partial charge in [0.25, 0.3) is 0 Å². The molecule has 0 aliphatic heterocycles. The number of rotatable bonds is 4. The molecule has 0 saturated heterocycles. The summed E-state index contributed by atoms with van der Waals surface area (Å²) in [6.45, 7) is 3.54. The number of hydrogen-bond acceptors (Lipinski definition) is 2. The molecule has 0 fully saturated rings. The third-order valence-corrected chi connectivity index (χ3v) is 2.37. The Morgan fingerprint density at radius 2 is 2.23 bits per heavy atom. The number of halogens is 1. The maximum atomic E-state index is 4.91. The summed E-state index contributed by atoms with van der Waals surface area (Å²) in [6, 6.07) is 6.28. The van der Waals surface area contributed by atoms with Gasteiger partial charge in [-0.25, -0.2) is 0 Å². The van der Waals surface area contributed by atoms with Crippen molar-refractivity contribution in [1.29, 1.82) is 0 Å². The molecular weight excluding hydrogens is 230 g/mol. The van der Waals surface area contributed by atoms with Gasteiger partial charge in [-0.15, -0.1) is 0 Å². The Hall–Kier alpha value is -0.380. The molecule has 0 saturated carbocycles. The summed E-state index contributed by atoms with van der Waals surface area (Å²) >= 11 is 3.45. The first-order valence-electron chi connectivity index (χ1n) is 4.18. The second-order valence-electron chi connectivity index (χ2n) is 2.93. The van der Waals surface area contributed by atoms with Crippen LogP contribution in [-0.2, 0) is 11.3 Å². The highest BCUT2D eigenvalue weighted by Crippen LogP contribution is 2.15. The predicted molar refractivity (Wildman–Crippen MR) is 57.6 cm³/mol. The van der Waals surface area contributed by atoms with E-state index in [0.29, 0.717) is 6.73 Å². The van der Waals surface area contributed by atoms with Gasteiger partial charge in [-0.1, -0.05) is 22.0 Å². The third kappa shape index (κ3) is 3.46. The average Bonchev–Trinajstić information content (AvgIpc) is 2.11. The minimum absolute atomic E-state index is 0.589. The monoisotopic (exact) mass is 243 g/mol. The van der Waals surface area contributed by atoms with Gasteiger partial charge in [-0.3, -0.25) is 5.32 Å². The van der Waals surface area contributed by atoms with Gasteiger partial charge in [0.1, 0.15) is 0 Å². The van der Waals surface area contributed by atoms with E-state index in [-0.39, 0.29) is 0 Å². The molecule has 1 N–H and O–H groups in total. The summed E-state index contributed by atoms with van der Waals surface area (Å²) in [6.07, 6.45) is 0. The van der Waals surface area contributed by atoms with Gasteiger partial charge in [-0.05, 0) is 30.2 Å². The van der Waals surface area contributed by atoms with Gasteiger partial charge >= 0.3 is 0 Å². The summed E-state index contributed by atoms with van der Waals surface area (Å²) in [4.78, 5) is 0. The molecule has 0 aliphatic carbocycles. The first kappa shape index (κ1) is 10.7. The Bertz CT molecular complexity index is 276. The van der Waals surface area contributed by atoms with Crippen LogP contribution in [0.3, 0.4) is 0 Å². The van der Waals surface area contributed by atoms with E-state index in [1.807, 2.05) is 0 Å². The van der Waals surface area contributed by atoms with Crippen molar-refractivity contribution >= 4 is 15.9 Å². The van der Waals surface area contributed by atoms with Gasteiger partial charge in [0.2, 0.25) is 0 Å². The molecular formula is C10H14BrNO. The SMILES string of the molecule is COCNCc1cc(Br)ccc1C. The Morgan fingerprint density at radius 3 is 2.92 bits per heavy atom. The number of ether oxygens (including phenoxy) is 1. The zero-order chi connectivity index (χ0) is 9.68. The van der Waals surface area contributed by atoms with Crippen molar-refractivity contribution in [2.45, 2.75) is 13.5 Å². The van der Waals surface area contributed by atoms with Crippen molar-refractivity contribution in [1.82, 2.24) is 5.32 Å². The summed E-state index contributed by atoms with van der Waals surface area (Å²) in [5.41, 5.74) is 2.60. The van der Waals surface area contributed by atoms with E-state index in [9.17, 15) is 0 Å². The Labute approximate surface area is 87.4 Å². The highest BCUT2D eigenvalue weighted by Gasteiger charge is 1.97. The van der Waals surface area contributed by atoms with Crippen LogP contribution >= 0.6 is 15.9 Å². The molecule has 1 aromatic carbocycles. The predicted octanol–water partition coefficient (Wildman–Crippen LogP) is 2.45. The first-order valence-corrected chi connectivity index (χ1v) is 4.98. The van der Waals surface area contributed by atoms with Crippen LogP contribution in [0, 0.1) is 6.92 Å². The first-order chi connectivity index (χ1) is 6.24. The number of methoxy groups -OCH3 is 1. The molecule has 13 heavy (non-hydrogen) atoms. The van der Waals surface area contributed by atoms with Crippen LogP contribution in [0.25, 0.3) is 0 Å². The molecule has 0 radical (unpaired) electrons. The summed E-state index contributed by atoms with van der Waals surface area (Å²) < 4.78 is 6.03. The minimum atomic E-state index is 0.589. The van der Waals surface area contributed by atoms with E-state index < -0.39 is 0 Å². The molecule has 0 amide bonds. The van der Waals surface area contributed by atoms with Crippen LogP contribution in [0.4, 0.5) is 0 Å². The van der Waals surface area contributed by atoms with Crippen molar-refractivity contribution in [2.75, 3.05) is 13.8 Å². The van der Waals surface area contributed by atoms with Gasteiger partial charge in [0.05, 0.1) is 6.73 Å². The lowest BCUT2D eigenvalue weighted by Gasteiger charge is -2.07. The standard InChI is InChI=1S/C10H14BrNO/c1-8-3-4-10(11)5-9(8)6-12-7-13-2/h3-5,12H,6-7H2,1-2H3. The molecule has 0 unspecified atom stereocenters. The quantitative estimate of drug-likeness (QED) is 0.648. The lowest BCUT2D eigenvalue weighted by Crippen LogP contribution is -2.16. The lowest BCUT2D eigenvalue weighted by molar-refractivity contribution is 0.174. The number of benzene rings is 1. The van der Waals surface area contributed by atoms with Crippen LogP contribution in [-0.4, -0.2) is 13.8 Å². The van der Waals surface area contributed by atoms with Crippen molar-refractivity contribution < 1.29 is 4.74 Å².